The largest absolute Gasteiger partial charge is 0.495 e. The maximum absolute atomic E-state index is 12.8. The molecule has 6 nitrogen and oxygen atoms in total. The van der Waals surface area contributed by atoms with E-state index in [0.717, 1.165) is 25.1 Å². The van der Waals surface area contributed by atoms with Crippen molar-refractivity contribution >= 4 is 42.2 Å². The lowest BCUT2D eigenvalue weighted by atomic mass is 9.99. The molecule has 2 unspecified atom stereocenters. The number of anilines is 2. The molecule has 8 heteroatoms. The molecule has 0 aliphatic carbocycles. The Morgan fingerprint density at radius 1 is 1.22 bits per heavy atom. The number of halogens is 2. The average molecular weight is 413 g/mol. The molecule has 1 aromatic heterocycles. The van der Waals surface area contributed by atoms with Gasteiger partial charge in [-0.05, 0) is 50.6 Å². The quantitative estimate of drug-likeness (QED) is 0.699. The van der Waals surface area contributed by atoms with E-state index in [0.29, 0.717) is 17.1 Å². The van der Waals surface area contributed by atoms with Gasteiger partial charge in [0.15, 0.2) is 0 Å². The molecule has 3 rings (SSSR count). The first-order chi connectivity index (χ1) is 12.2. The summed E-state index contributed by atoms with van der Waals surface area (Å²) in [5.74, 6) is 1.09. The van der Waals surface area contributed by atoms with Gasteiger partial charge in [-0.15, -0.1) is 24.8 Å². The third kappa shape index (κ3) is 5.73. The second kappa shape index (κ2) is 11.0. The van der Waals surface area contributed by atoms with Gasteiger partial charge in [0, 0.05) is 18.3 Å². The predicted octanol–water partition coefficient (Wildman–Crippen LogP) is 3.55. The number of benzene rings is 1. The first-order valence-corrected chi connectivity index (χ1v) is 8.58. The van der Waals surface area contributed by atoms with Crippen LogP contribution in [-0.2, 0) is 0 Å². The van der Waals surface area contributed by atoms with E-state index < -0.39 is 0 Å². The van der Waals surface area contributed by atoms with Gasteiger partial charge < -0.3 is 20.7 Å². The maximum Gasteiger partial charge on any atom is 0.255 e. The Kier molecular flexibility index (Phi) is 9.35. The molecule has 1 aliphatic rings. The zero-order valence-electron chi connectivity index (χ0n) is 15.4. The average Bonchev–Trinajstić information content (AvgIpc) is 2.64. The molecule has 1 fully saturated rings. The smallest absolute Gasteiger partial charge is 0.255 e. The number of hydrogen-bond acceptors (Lipinski definition) is 5. The number of nitrogens with one attached hydrogen (secondary N) is 3. The molecule has 1 aliphatic heterocycles. The van der Waals surface area contributed by atoms with Crippen molar-refractivity contribution in [2.75, 3.05) is 19.0 Å². The second-order valence-corrected chi connectivity index (χ2v) is 6.19. The fourth-order valence-electron chi connectivity index (χ4n) is 3.05. The Balaban J connectivity index is 0.00000182. The lowest BCUT2D eigenvalue weighted by Gasteiger charge is -2.30. The standard InChI is InChI=1S/C19H24N4O2.2ClH/c1-13-15(9-6-11-20-13)23-19(24)14-7-5-12-21-18(14)22-16-8-3-4-10-17(16)25-2;;/h3-5,7-8,10,12-13,15,20H,6,9,11H2,1-2H3,(H,21,22)(H,23,24);2*1H. The number of ether oxygens (including phenoxy) is 1. The van der Waals surface area contributed by atoms with Crippen LogP contribution in [0.2, 0.25) is 0 Å². The summed E-state index contributed by atoms with van der Waals surface area (Å²) in [5.41, 5.74) is 1.29. The lowest BCUT2D eigenvalue weighted by molar-refractivity contribution is 0.0920. The summed E-state index contributed by atoms with van der Waals surface area (Å²) in [4.78, 5) is 17.1. The van der Waals surface area contributed by atoms with Gasteiger partial charge in [-0.1, -0.05) is 12.1 Å². The minimum absolute atomic E-state index is 0. The van der Waals surface area contributed by atoms with Crippen molar-refractivity contribution in [3.63, 3.8) is 0 Å². The molecular weight excluding hydrogens is 387 g/mol. The Labute approximate surface area is 172 Å². The Bertz CT molecular complexity index is 745. The van der Waals surface area contributed by atoms with Crippen molar-refractivity contribution in [3.8, 4) is 5.75 Å². The molecule has 0 radical (unpaired) electrons. The van der Waals surface area contributed by atoms with Gasteiger partial charge in [0.25, 0.3) is 5.91 Å². The molecule has 2 heterocycles. The molecule has 0 spiro atoms. The summed E-state index contributed by atoms with van der Waals surface area (Å²) >= 11 is 0. The highest BCUT2D eigenvalue weighted by atomic mass is 35.5. The summed E-state index contributed by atoms with van der Waals surface area (Å²) in [6, 6.07) is 11.5. The minimum atomic E-state index is -0.119. The number of aromatic nitrogens is 1. The Morgan fingerprint density at radius 3 is 2.74 bits per heavy atom. The van der Waals surface area contributed by atoms with Crippen molar-refractivity contribution in [2.45, 2.75) is 31.8 Å². The van der Waals surface area contributed by atoms with Gasteiger partial charge in [-0.3, -0.25) is 4.79 Å². The van der Waals surface area contributed by atoms with Crippen molar-refractivity contribution < 1.29 is 9.53 Å². The van der Waals surface area contributed by atoms with Crippen LogP contribution in [0.5, 0.6) is 5.75 Å². The normalized spacial score (nSPS) is 18.4. The minimum Gasteiger partial charge on any atom is -0.495 e. The summed E-state index contributed by atoms with van der Waals surface area (Å²) in [6.07, 6.45) is 3.71. The number of pyridine rings is 1. The molecule has 0 bridgehead atoms. The first-order valence-electron chi connectivity index (χ1n) is 8.58. The SMILES string of the molecule is COc1ccccc1Nc1ncccc1C(=O)NC1CCCNC1C.Cl.Cl. The van der Waals surface area contributed by atoms with Crippen LogP contribution in [-0.4, -0.2) is 36.6 Å². The number of amides is 1. The molecule has 1 amide bonds. The van der Waals surface area contributed by atoms with Crippen LogP contribution in [0.4, 0.5) is 11.5 Å². The van der Waals surface area contributed by atoms with Crippen molar-refractivity contribution in [1.29, 1.82) is 0 Å². The topological polar surface area (TPSA) is 75.3 Å². The fraction of sp³-hybridized carbons (Fsp3) is 0.368. The number of carbonyl (C=O) groups is 1. The van der Waals surface area contributed by atoms with Crippen molar-refractivity contribution in [3.05, 3.63) is 48.2 Å². The zero-order chi connectivity index (χ0) is 17.6. The highest BCUT2D eigenvalue weighted by molar-refractivity contribution is 5.99. The van der Waals surface area contributed by atoms with Gasteiger partial charge in [0.05, 0.1) is 18.4 Å². The van der Waals surface area contributed by atoms with E-state index in [1.807, 2.05) is 24.3 Å². The lowest BCUT2D eigenvalue weighted by Crippen LogP contribution is -2.52. The first kappa shape index (κ1) is 23.0. The number of hydrogen-bond donors (Lipinski definition) is 3. The van der Waals surface area contributed by atoms with Gasteiger partial charge in [-0.2, -0.15) is 0 Å². The van der Waals surface area contributed by atoms with Crippen LogP contribution in [0, 0.1) is 0 Å². The van der Waals surface area contributed by atoms with E-state index in [2.05, 4.69) is 27.9 Å². The van der Waals surface area contributed by atoms with E-state index in [1.54, 1.807) is 25.4 Å². The van der Waals surface area contributed by atoms with Gasteiger partial charge >= 0.3 is 0 Å². The third-order valence-electron chi connectivity index (χ3n) is 4.49. The molecule has 0 saturated carbocycles. The van der Waals surface area contributed by atoms with E-state index in [9.17, 15) is 4.79 Å². The van der Waals surface area contributed by atoms with Crippen LogP contribution in [0.25, 0.3) is 0 Å². The van der Waals surface area contributed by atoms with Crippen LogP contribution in [0.3, 0.4) is 0 Å². The maximum atomic E-state index is 12.8. The van der Waals surface area contributed by atoms with Crippen molar-refractivity contribution in [1.82, 2.24) is 15.6 Å². The Hall–Kier alpha value is -2.02. The monoisotopic (exact) mass is 412 g/mol. The van der Waals surface area contributed by atoms with E-state index in [4.69, 9.17) is 4.74 Å². The number of rotatable bonds is 5. The zero-order valence-corrected chi connectivity index (χ0v) is 17.0. The van der Waals surface area contributed by atoms with Gasteiger partial charge in [-0.25, -0.2) is 4.98 Å². The highest BCUT2D eigenvalue weighted by Crippen LogP contribution is 2.27. The van der Waals surface area contributed by atoms with E-state index in [-0.39, 0.29) is 42.8 Å². The summed E-state index contributed by atoms with van der Waals surface area (Å²) in [6.45, 7) is 3.10. The molecule has 2 aromatic rings. The van der Waals surface area contributed by atoms with Crippen LogP contribution in [0.1, 0.15) is 30.1 Å². The van der Waals surface area contributed by atoms with E-state index >= 15 is 0 Å². The molecule has 3 N–H and O–H groups in total. The van der Waals surface area contributed by atoms with Crippen LogP contribution in [0.15, 0.2) is 42.6 Å². The Morgan fingerprint density at radius 2 is 2.00 bits per heavy atom. The summed E-state index contributed by atoms with van der Waals surface area (Å²) in [7, 11) is 1.62. The molecular formula is C19H26Cl2N4O2. The fourth-order valence-corrected chi connectivity index (χ4v) is 3.05. The molecule has 1 aromatic carbocycles. The summed E-state index contributed by atoms with van der Waals surface area (Å²) in [5, 5.41) is 9.73. The number of piperidine rings is 1. The summed E-state index contributed by atoms with van der Waals surface area (Å²) < 4.78 is 5.35. The number of nitrogens with zero attached hydrogens (tertiary/aromatic N) is 1. The predicted molar refractivity (Wildman–Crippen MR) is 113 cm³/mol. The number of methoxy groups -OCH3 is 1. The third-order valence-corrected chi connectivity index (χ3v) is 4.49. The second-order valence-electron chi connectivity index (χ2n) is 6.19. The molecule has 148 valence electrons. The van der Waals surface area contributed by atoms with Gasteiger partial charge in [0.2, 0.25) is 0 Å². The van der Waals surface area contributed by atoms with Crippen molar-refractivity contribution in [2.24, 2.45) is 0 Å². The van der Waals surface area contributed by atoms with Crippen LogP contribution >= 0.6 is 24.8 Å². The number of para-hydroxylation sites is 2. The van der Waals surface area contributed by atoms with E-state index in [1.165, 1.54) is 0 Å². The van der Waals surface area contributed by atoms with Gasteiger partial charge in [0.1, 0.15) is 11.6 Å². The molecule has 27 heavy (non-hydrogen) atoms. The molecule has 1 saturated heterocycles. The highest BCUT2D eigenvalue weighted by Gasteiger charge is 2.24. The van der Waals surface area contributed by atoms with Crippen LogP contribution < -0.4 is 20.7 Å². The molecule has 2 atom stereocenters. The number of carbonyl (C=O) groups excluding carboxylic acids is 1.